The molecule has 190 valence electrons. The standard InChI is InChI=1S/C25H35BFN3O5/c1-23(2,3)33-22(32)29-20(21(31)30-12-8-9-18(30)15-28)13-16-10-11-17(14-19(16)27)26-34-24(4,5)25(6,7)35-26/h10-11,14,18,20H,8-9,12-13H2,1-7H3,(H,29,32)/t18-,20?/m0/s1. The maximum absolute atomic E-state index is 15.2. The molecule has 10 heteroatoms. The van der Waals surface area contributed by atoms with E-state index in [1.165, 1.54) is 11.0 Å². The van der Waals surface area contributed by atoms with Crippen LogP contribution in [0.1, 0.15) is 66.9 Å². The van der Waals surface area contributed by atoms with Crippen molar-refractivity contribution in [2.75, 3.05) is 6.54 Å². The van der Waals surface area contributed by atoms with Crippen LogP contribution < -0.4 is 10.8 Å². The molecule has 2 fully saturated rings. The summed E-state index contributed by atoms with van der Waals surface area (Å²) in [5, 5.41) is 12.0. The van der Waals surface area contributed by atoms with E-state index in [9.17, 15) is 14.9 Å². The van der Waals surface area contributed by atoms with Crippen molar-refractivity contribution >= 4 is 24.6 Å². The Bertz CT molecular complexity index is 1000. The number of halogens is 1. The molecule has 0 spiro atoms. The van der Waals surface area contributed by atoms with E-state index in [0.717, 1.165) is 0 Å². The number of nitriles is 1. The molecule has 8 nitrogen and oxygen atoms in total. The number of likely N-dealkylation sites (tertiary alicyclic amines) is 1. The molecule has 35 heavy (non-hydrogen) atoms. The van der Waals surface area contributed by atoms with Crippen molar-refractivity contribution in [3.05, 3.63) is 29.6 Å². The van der Waals surface area contributed by atoms with Gasteiger partial charge in [0.2, 0.25) is 5.91 Å². The van der Waals surface area contributed by atoms with E-state index in [1.54, 1.807) is 32.9 Å². The van der Waals surface area contributed by atoms with Gasteiger partial charge in [0.25, 0.3) is 0 Å². The van der Waals surface area contributed by atoms with Crippen molar-refractivity contribution in [2.45, 2.75) is 96.6 Å². The second-order valence-corrected chi connectivity index (χ2v) is 11.2. The minimum atomic E-state index is -1.09. The molecule has 2 saturated heterocycles. The van der Waals surface area contributed by atoms with Crippen molar-refractivity contribution in [3.8, 4) is 6.07 Å². The van der Waals surface area contributed by atoms with Gasteiger partial charge >= 0.3 is 13.2 Å². The number of benzene rings is 1. The Morgan fingerprint density at radius 3 is 2.46 bits per heavy atom. The van der Waals surface area contributed by atoms with E-state index >= 15 is 4.39 Å². The van der Waals surface area contributed by atoms with E-state index < -0.39 is 53.8 Å². The summed E-state index contributed by atoms with van der Waals surface area (Å²) in [5.41, 5.74) is -1.12. The Balaban J connectivity index is 1.82. The molecular weight excluding hydrogens is 452 g/mol. The van der Waals surface area contributed by atoms with Gasteiger partial charge in [0.05, 0.1) is 17.3 Å². The second-order valence-electron chi connectivity index (χ2n) is 11.2. The van der Waals surface area contributed by atoms with Gasteiger partial charge in [-0.1, -0.05) is 12.1 Å². The van der Waals surface area contributed by atoms with E-state index in [4.69, 9.17) is 14.0 Å². The highest BCUT2D eigenvalue weighted by molar-refractivity contribution is 6.62. The first kappa shape index (κ1) is 27.0. The molecule has 2 amide bonds. The lowest BCUT2D eigenvalue weighted by Crippen LogP contribution is -2.52. The highest BCUT2D eigenvalue weighted by Gasteiger charge is 2.51. The van der Waals surface area contributed by atoms with Gasteiger partial charge in [-0.2, -0.15) is 5.26 Å². The topological polar surface area (TPSA) is 101 Å². The SMILES string of the molecule is CC(C)(C)OC(=O)NC(Cc1ccc(B2OC(C)(C)C(C)(C)O2)cc1F)C(=O)N1CCC[C@H]1C#N. The van der Waals surface area contributed by atoms with Crippen LogP contribution in [0.4, 0.5) is 9.18 Å². The van der Waals surface area contributed by atoms with Crippen molar-refractivity contribution in [1.29, 1.82) is 5.26 Å². The molecule has 1 unspecified atom stereocenters. The summed E-state index contributed by atoms with van der Waals surface area (Å²) in [7, 11) is -0.721. The number of nitrogens with one attached hydrogen (secondary N) is 1. The molecule has 0 saturated carbocycles. The number of alkyl carbamates (subject to hydrolysis) is 1. The third-order valence-electron chi connectivity index (χ3n) is 6.70. The van der Waals surface area contributed by atoms with Crippen LogP contribution in [-0.2, 0) is 25.3 Å². The maximum Gasteiger partial charge on any atom is 0.494 e. The zero-order chi connectivity index (χ0) is 26.2. The zero-order valence-corrected chi connectivity index (χ0v) is 21.6. The minimum Gasteiger partial charge on any atom is -0.444 e. The number of rotatable bonds is 5. The van der Waals surface area contributed by atoms with Gasteiger partial charge in [-0.25, -0.2) is 9.18 Å². The van der Waals surface area contributed by atoms with Crippen molar-refractivity contribution in [1.82, 2.24) is 10.2 Å². The van der Waals surface area contributed by atoms with Crippen molar-refractivity contribution < 1.29 is 28.0 Å². The largest absolute Gasteiger partial charge is 0.494 e. The van der Waals surface area contributed by atoms with Gasteiger partial charge in [0, 0.05) is 13.0 Å². The molecule has 0 radical (unpaired) electrons. The molecule has 0 aliphatic carbocycles. The first-order valence-corrected chi connectivity index (χ1v) is 12.0. The first-order valence-electron chi connectivity index (χ1n) is 12.0. The Morgan fingerprint density at radius 2 is 1.91 bits per heavy atom. The molecular formula is C25H35BFN3O5. The summed E-state index contributed by atoms with van der Waals surface area (Å²) in [6.07, 6.45) is 0.388. The predicted octanol–water partition coefficient (Wildman–Crippen LogP) is 3.08. The van der Waals surface area contributed by atoms with Crippen LogP contribution in [0.5, 0.6) is 0 Å². The van der Waals surface area contributed by atoms with Crippen LogP contribution in [0.15, 0.2) is 18.2 Å². The fourth-order valence-electron chi connectivity index (χ4n) is 4.09. The quantitative estimate of drug-likeness (QED) is 0.641. The lowest BCUT2D eigenvalue weighted by Gasteiger charge is -2.32. The number of nitrogens with zero attached hydrogens (tertiary/aromatic N) is 2. The van der Waals surface area contributed by atoms with E-state index in [-0.39, 0.29) is 12.0 Å². The van der Waals surface area contributed by atoms with Crippen LogP contribution in [0.3, 0.4) is 0 Å². The fourth-order valence-corrected chi connectivity index (χ4v) is 4.09. The van der Waals surface area contributed by atoms with Gasteiger partial charge in [-0.15, -0.1) is 0 Å². The Kier molecular flexibility index (Phi) is 7.54. The van der Waals surface area contributed by atoms with E-state index in [1.807, 2.05) is 27.7 Å². The number of carbonyl (C=O) groups excluding carboxylic acids is 2. The summed E-state index contributed by atoms with van der Waals surface area (Å²) in [6, 6.07) is 5.07. The van der Waals surface area contributed by atoms with E-state index in [2.05, 4.69) is 11.4 Å². The number of amides is 2. The van der Waals surface area contributed by atoms with Gasteiger partial charge in [0.1, 0.15) is 23.5 Å². The summed E-state index contributed by atoms with van der Waals surface area (Å²) < 4.78 is 32.5. The summed E-state index contributed by atoms with van der Waals surface area (Å²) in [6.45, 7) is 13.2. The fraction of sp³-hybridized carbons (Fsp3) is 0.640. The summed E-state index contributed by atoms with van der Waals surface area (Å²) in [4.78, 5) is 27.2. The average Bonchev–Trinajstić information content (AvgIpc) is 3.28. The minimum absolute atomic E-state index is 0.0950. The normalized spacial score (nSPS) is 22.0. The average molecular weight is 487 g/mol. The molecule has 2 heterocycles. The summed E-state index contributed by atoms with van der Waals surface area (Å²) in [5.74, 6) is -0.978. The highest BCUT2D eigenvalue weighted by atomic mass is 19.1. The Morgan fingerprint density at radius 1 is 1.29 bits per heavy atom. The summed E-state index contributed by atoms with van der Waals surface area (Å²) >= 11 is 0. The van der Waals surface area contributed by atoms with Gasteiger partial charge in [-0.3, -0.25) is 4.79 Å². The third-order valence-corrected chi connectivity index (χ3v) is 6.70. The number of ether oxygens (including phenoxy) is 1. The molecule has 2 aliphatic rings. The first-order chi connectivity index (χ1) is 16.1. The molecule has 1 N–H and O–H groups in total. The van der Waals surface area contributed by atoms with E-state index in [0.29, 0.717) is 24.8 Å². The predicted molar refractivity (Wildman–Crippen MR) is 129 cm³/mol. The molecule has 1 aromatic rings. The lowest BCUT2D eigenvalue weighted by molar-refractivity contribution is -0.133. The third kappa shape index (κ3) is 6.14. The van der Waals surface area contributed by atoms with Gasteiger partial charge < -0.3 is 24.3 Å². The Labute approximate surface area is 207 Å². The smallest absolute Gasteiger partial charge is 0.444 e. The second kappa shape index (κ2) is 9.78. The molecule has 0 aromatic heterocycles. The van der Waals surface area contributed by atoms with Gasteiger partial charge in [-0.05, 0) is 78.4 Å². The lowest BCUT2D eigenvalue weighted by atomic mass is 9.78. The number of hydrogen-bond donors (Lipinski definition) is 1. The monoisotopic (exact) mass is 487 g/mol. The number of carbonyl (C=O) groups is 2. The van der Waals surface area contributed by atoms with Crippen molar-refractivity contribution in [3.63, 3.8) is 0 Å². The highest BCUT2D eigenvalue weighted by Crippen LogP contribution is 2.36. The van der Waals surface area contributed by atoms with Crippen molar-refractivity contribution in [2.24, 2.45) is 0 Å². The van der Waals surface area contributed by atoms with Crippen LogP contribution in [0, 0.1) is 17.1 Å². The molecule has 1 aromatic carbocycles. The molecule has 2 atom stereocenters. The van der Waals surface area contributed by atoms with Crippen LogP contribution in [0.25, 0.3) is 0 Å². The molecule has 2 aliphatic heterocycles. The van der Waals surface area contributed by atoms with Crippen LogP contribution in [0.2, 0.25) is 0 Å². The molecule has 0 bridgehead atoms. The zero-order valence-electron chi connectivity index (χ0n) is 21.6. The van der Waals surface area contributed by atoms with Gasteiger partial charge in [0.15, 0.2) is 0 Å². The maximum atomic E-state index is 15.2. The molecule has 3 rings (SSSR count). The number of hydrogen-bond acceptors (Lipinski definition) is 6. The van der Waals surface area contributed by atoms with Crippen LogP contribution >= 0.6 is 0 Å². The Hall–Kier alpha value is -2.64. The van der Waals surface area contributed by atoms with Crippen LogP contribution in [-0.4, -0.2) is 59.5 Å².